The zero-order valence-electron chi connectivity index (χ0n) is 11.1. The van der Waals surface area contributed by atoms with Crippen molar-refractivity contribution in [3.05, 3.63) is 0 Å². The Labute approximate surface area is 107 Å². The topological polar surface area (TPSA) is 73.5 Å². The molecule has 0 aromatic heterocycles. The van der Waals surface area contributed by atoms with Crippen LogP contribution in [0.2, 0.25) is 0 Å². The second-order valence-electron chi connectivity index (χ2n) is 5.71. The summed E-state index contributed by atoms with van der Waals surface area (Å²) in [6.45, 7) is 7.02. The Bertz CT molecular complexity index is 339. The fourth-order valence-corrected chi connectivity index (χ4v) is 2.10. The Hall–Kier alpha value is -1.14. The van der Waals surface area contributed by atoms with Crippen LogP contribution in [0.15, 0.2) is 0 Å². The first-order valence-electron chi connectivity index (χ1n) is 6.53. The van der Waals surface area contributed by atoms with Gasteiger partial charge in [-0.25, -0.2) is 4.79 Å². The predicted molar refractivity (Wildman–Crippen MR) is 68.2 cm³/mol. The molecule has 6 nitrogen and oxygen atoms in total. The monoisotopic (exact) mass is 254 g/mol. The van der Waals surface area contributed by atoms with Gasteiger partial charge in [0, 0.05) is 31.2 Å². The van der Waals surface area contributed by atoms with Gasteiger partial charge in [-0.1, -0.05) is 0 Å². The lowest BCUT2D eigenvalue weighted by atomic mass is 10.0. The lowest BCUT2D eigenvalue weighted by Crippen LogP contribution is -2.60. The molecule has 18 heavy (non-hydrogen) atoms. The van der Waals surface area contributed by atoms with E-state index in [4.69, 9.17) is 0 Å². The molecule has 0 aromatic rings. The van der Waals surface area contributed by atoms with Crippen LogP contribution in [0, 0.1) is 0 Å². The lowest BCUT2D eigenvalue weighted by Gasteiger charge is -2.42. The van der Waals surface area contributed by atoms with Crippen LogP contribution < -0.4 is 16.0 Å². The molecule has 0 unspecified atom stereocenters. The van der Waals surface area contributed by atoms with E-state index >= 15 is 0 Å². The maximum atomic E-state index is 11.8. The number of amides is 3. The van der Waals surface area contributed by atoms with Gasteiger partial charge in [-0.15, -0.1) is 0 Å². The van der Waals surface area contributed by atoms with Crippen LogP contribution in [0.1, 0.15) is 26.7 Å². The van der Waals surface area contributed by atoms with Crippen LogP contribution in [-0.4, -0.2) is 54.6 Å². The summed E-state index contributed by atoms with van der Waals surface area (Å²) in [4.78, 5) is 25.3. The lowest BCUT2D eigenvalue weighted by molar-refractivity contribution is -0.122. The van der Waals surface area contributed by atoms with Gasteiger partial charge in [0.1, 0.15) is 0 Å². The molecule has 1 saturated carbocycles. The van der Waals surface area contributed by atoms with E-state index in [-0.39, 0.29) is 30.1 Å². The molecule has 2 rings (SSSR count). The Morgan fingerprint density at radius 2 is 2.11 bits per heavy atom. The number of piperazine rings is 1. The van der Waals surface area contributed by atoms with E-state index in [0.717, 1.165) is 32.5 Å². The van der Waals surface area contributed by atoms with Crippen LogP contribution >= 0.6 is 0 Å². The molecule has 1 aliphatic heterocycles. The van der Waals surface area contributed by atoms with Crippen LogP contribution in [0.3, 0.4) is 0 Å². The SMILES string of the molecule is CC1(C)CNCCN1CC(=O)NC(=O)NC1CC1. The molecular formula is C12H22N4O2. The van der Waals surface area contributed by atoms with Gasteiger partial charge in [-0.05, 0) is 26.7 Å². The summed E-state index contributed by atoms with van der Waals surface area (Å²) in [6.07, 6.45) is 2.04. The Morgan fingerprint density at radius 3 is 2.72 bits per heavy atom. The maximum absolute atomic E-state index is 11.8. The highest BCUT2D eigenvalue weighted by Crippen LogP contribution is 2.18. The van der Waals surface area contributed by atoms with Crippen molar-refractivity contribution < 1.29 is 9.59 Å². The molecular weight excluding hydrogens is 232 g/mol. The molecule has 0 aromatic carbocycles. The highest BCUT2D eigenvalue weighted by Gasteiger charge is 2.31. The molecule has 0 radical (unpaired) electrons. The summed E-state index contributed by atoms with van der Waals surface area (Å²) in [5, 5.41) is 8.43. The van der Waals surface area contributed by atoms with Gasteiger partial charge >= 0.3 is 6.03 Å². The van der Waals surface area contributed by atoms with Gasteiger partial charge < -0.3 is 10.6 Å². The van der Waals surface area contributed by atoms with Crippen LogP contribution in [0.4, 0.5) is 4.79 Å². The molecule has 0 atom stereocenters. The third kappa shape index (κ3) is 3.68. The molecule has 0 bridgehead atoms. The molecule has 2 fully saturated rings. The summed E-state index contributed by atoms with van der Waals surface area (Å²) in [7, 11) is 0. The van der Waals surface area contributed by atoms with E-state index in [1.807, 2.05) is 0 Å². The van der Waals surface area contributed by atoms with Crippen LogP contribution in [0.25, 0.3) is 0 Å². The molecule has 1 aliphatic carbocycles. The summed E-state index contributed by atoms with van der Waals surface area (Å²) >= 11 is 0. The zero-order valence-corrected chi connectivity index (χ0v) is 11.1. The Kier molecular flexibility index (Phi) is 3.87. The van der Waals surface area contributed by atoms with Crippen LogP contribution in [0.5, 0.6) is 0 Å². The third-order valence-electron chi connectivity index (χ3n) is 3.47. The van der Waals surface area contributed by atoms with Crippen molar-refractivity contribution in [2.45, 2.75) is 38.3 Å². The predicted octanol–water partition coefficient (Wildman–Crippen LogP) is -0.342. The minimum Gasteiger partial charge on any atom is -0.335 e. The smallest absolute Gasteiger partial charge is 0.321 e. The highest BCUT2D eigenvalue weighted by molar-refractivity contribution is 5.95. The largest absolute Gasteiger partial charge is 0.335 e. The average Bonchev–Trinajstić information content (AvgIpc) is 3.04. The Balaban J connectivity index is 1.76. The van der Waals surface area contributed by atoms with E-state index in [0.29, 0.717) is 0 Å². The summed E-state index contributed by atoms with van der Waals surface area (Å²) in [5.41, 5.74) is -0.0530. The van der Waals surface area contributed by atoms with Crippen molar-refractivity contribution in [2.24, 2.45) is 0 Å². The maximum Gasteiger partial charge on any atom is 0.321 e. The first-order valence-corrected chi connectivity index (χ1v) is 6.53. The molecule has 1 heterocycles. The molecule has 3 N–H and O–H groups in total. The van der Waals surface area contributed by atoms with Gasteiger partial charge in [0.15, 0.2) is 0 Å². The summed E-state index contributed by atoms with van der Waals surface area (Å²) < 4.78 is 0. The number of hydrogen-bond donors (Lipinski definition) is 3. The molecule has 6 heteroatoms. The fraction of sp³-hybridized carbons (Fsp3) is 0.833. The van der Waals surface area contributed by atoms with E-state index in [1.54, 1.807) is 0 Å². The average molecular weight is 254 g/mol. The molecule has 3 amide bonds. The van der Waals surface area contributed by atoms with Crippen molar-refractivity contribution in [1.29, 1.82) is 0 Å². The van der Waals surface area contributed by atoms with Gasteiger partial charge in [-0.2, -0.15) is 0 Å². The highest BCUT2D eigenvalue weighted by atomic mass is 16.2. The van der Waals surface area contributed by atoms with Crippen LogP contribution in [-0.2, 0) is 4.79 Å². The third-order valence-corrected chi connectivity index (χ3v) is 3.47. The summed E-state index contributed by atoms with van der Waals surface area (Å²) in [5.74, 6) is -0.233. The van der Waals surface area contributed by atoms with E-state index in [2.05, 4.69) is 34.7 Å². The molecule has 2 aliphatic rings. The number of imide groups is 1. The van der Waals surface area contributed by atoms with Crippen molar-refractivity contribution in [1.82, 2.24) is 20.9 Å². The van der Waals surface area contributed by atoms with Crippen molar-refractivity contribution >= 4 is 11.9 Å². The minimum absolute atomic E-state index is 0.0530. The van der Waals surface area contributed by atoms with Crippen molar-refractivity contribution in [3.63, 3.8) is 0 Å². The number of hydrogen-bond acceptors (Lipinski definition) is 4. The first kappa shape index (κ1) is 13.3. The standard InChI is InChI=1S/C12H22N4O2/c1-12(2)8-13-5-6-16(12)7-10(17)15-11(18)14-9-3-4-9/h9,13H,3-8H2,1-2H3,(H2,14,15,17,18). The van der Waals surface area contributed by atoms with Crippen molar-refractivity contribution in [3.8, 4) is 0 Å². The van der Waals surface area contributed by atoms with E-state index in [9.17, 15) is 9.59 Å². The normalized spacial score (nSPS) is 23.4. The Morgan fingerprint density at radius 1 is 1.39 bits per heavy atom. The number of nitrogens with one attached hydrogen (secondary N) is 3. The van der Waals surface area contributed by atoms with Gasteiger partial charge in [0.25, 0.3) is 0 Å². The number of rotatable bonds is 3. The number of nitrogens with zero attached hydrogens (tertiary/aromatic N) is 1. The number of carbonyl (C=O) groups excluding carboxylic acids is 2. The quantitative estimate of drug-likeness (QED) is 0.644. The molecule has 1 saturated heterocycles. The van der Waals surface area contributed by atoms with E-state index in [1.165, 1.54) is 0 Å². The van der Waals surface area contributed by atoms with Gasteiger partial charge in [0.2, 0.25) is 5.91 Å². The van der Waals surface area contributed by atoms with Gasteiger partial charge in [0.05, 0.1) is 6.54 Å². The summed E-state index contributed by atoms with van der Waals surface area (Å²) in [6, 6.07) is -0.0936. The number of urea groups is 1. The van der Waals surface area contributed by atoms with Gasteiger partial charge in [-0.3, -0.25) is 15.0 Å². The molecule has 0 spiro atoms. The first-order chi connectivity index (χ1) is 8.47. The number of carbonyl (C=O) groups is 2. The minimum atomic E-state index is -0.365. The molecule has 102 valence electrons. The second kappa shape index (κ2) is 5.24. The fourth-order valence-electron chi connectivity index (χ4n) is 2.10. The zero-order chi connectivity index (χ0) is 13.2. The van der Waals surface area contributed by atoms with Crippen molar-refractivity contribution in [2.75, 3.05) is 26.2 Å². The second-order valence-corrected chi connectivity index (χ2v) is 5.71. The van der Waals surface area contributed by atoms with E-state index < -0.39 is 0 Å².